The predicted molar refractivity (Wildman–Crippen MR) is 73.5 cm³/mol. The number of amides is 1. The molecule has 0 aliphatic heterocycles. The molecule has 2 N–H and O–H groups in total. The normalized spacial score (nSPS) is 23.0. The van der Waals surface area contributed by atoms with Gasteiger partial charge in [-0.2, -0.15) is 0 Å². The summed E-state index contributed by atoms with van der Waals surface area (Å²) < 4.78 is 0. The largest absolute Gasteiger partial charge is 0.396 e. The van der Waals surface area contributed by atoms with Crippen LogP contribution in [0.25, 0.3) is 0 Å². The van der Waals surface area contributed by atoms with Crippen molar-refractivity contribution in [3.05, 3.63) is 30.1 Å². The fraction of sp³-hybridized carbons (Fsp3) is 0.600. The van der Waals surface area contributed by atoms with Crippen LogP contribution in [0.1, 0.15) is 37.8 Å². The smallest absolute Gasteiger partial charge is 0.220 e. The van der Waals surface area contributed by atoms with Crippen molar-refractivity contribution in [2.45, 2.75) is 44.6 Å². The lowest BCUT2D eigenvalue weighted by Crippen LogP contribution is -2.38. The monoisotopic (exact) mass is 262 g/mol. The summed E-state index contributed by atoms with van der Waals surface area (Å²) in [6.45, 7) is 0.278. The van der Waals surface area contributed by atoms with Gasteiger partial charge in [-0.1, -0.05) is 6.07 Å². The van der Waals surface area contributed by atoms with Crippen LogP contribution in [0.5, 0.6) is 0 Å². The van der Waals surface area contributed by atoms with Crippen molar-refractivity contribution in [1.29, 1.82) is 0 Å². The Morgan fingerprint density at radius 2 is 2.11 bits per heavy atom. The Kier molecular flexibility index (Phi) is 5.33. The summed E-state index contributed by atoms with van der Waals surface area (Å²) >= 11 is 0. The zero-order valence-electron chi connectivity index (χ0n) is 11.2. The van der Waals surface area contributed by atoms with E-state index in [9.17, 15) is 4.79 Å². The maximum Gasteiger partial charge on any atom is 0.220 e. The zero-order valence-corrected chi connectivity index (χ0v) is 11.2. The minimum atomic E-state index is 0.109. The second kappa shape index (κ2) is 7.24. The first-order chi connectivity index (χ1) is 9.28. The van der Waals surface area contributed by atoms with Crippen LogP contribution in [0.15, 0.2) is 24.4 Å². The summed E-state index contributed by atoms with van der Waals surface area (Å²) in [6.07, 6.45) is 6.95. The van der Waals surface area contributed by atoms with E-state index in [0.717, 1.165) is 31.4 Å². The van der Waals surface area contributed by atoms with E-state index in [2.05, 4.69) is 10.3 Å². The number of pyridine rings is 1. The number of aliphatic hydroxyl groups is 1. The molecule has 0 atom stereocenters. The van der Waals surface area contributed by atoms with Crippen LogP contribution in [0.3, 0.4) is 0 Å². The van der Waals surface area contributed by atoms with E-state index in [1.165, 1.54) is 0 Å². The van der Waals surface area contributed by atoms with Gasteiger partial charge in [-0.25, -0.2) is 0 Å². The molecule has 1 amide bonds. The van der Waals surface area contributed by atoms with Gasteiger partial charge in [0.05, 0.1) is 0 Å². The summed E-state index contributed by atoms with van der Waals surface area (Å²) in [5.74, 6) is 0.541. The number of aliphatic hydroxyl groups excluding tert-OH is 1. The number of rotatable bonds is 5. The van der Waals surface area contributed by atoms with Crippen LogP contribution in [-0.2, 0) is 11.2 Å². The molecule has 1 fully saturated rings. The lowest BCUT2D eigenvalue weighted by molar-refractivity contribution is -0.122. The molecule has 1 aromatic rings. The third-order valence-corrected chi connectivity index (χ3v) is 3.80. The van der Waals surface area contributed by atoms with Gasteiger partial charge in [0.1, 0.15) is 0 Å². The standard InChI is InChI=1S/C15H22N2O2/c18-11-12-4-6-14(7-5-12)17-15(19)9-8-13-3-1-2-10-16-13/h1-3,10,12,14,18H,4-9,11H2,(H,17,19). The number of carbonyl (C=O) groups excluding carboxylic acids is 1. The number of aryl methyl sites for hydroxylation is 1. The number of carbonyl (C=O) groups is 1. The Morgan fingerprint density at radius 3 is 2.74 bits per heavy atom. The van der Waals surface area contributed by atoms with Crippen LogP contribution >= 0.6 is 0 Å². The van der Waals surface area contributed by atoms with Crippen LogP contribution in [-0.4, -0.2) is 28.6 Å². The molecular weight excluding hydrogens is 240 g/mol. The molecule has 0 spiro atoms. The Bertz CT molecular complexity index is 386. The molecule has 0 saturated heterocycles. The lowest BCUT2D eigenvalue weighted by Gasteiger charge is -2.27. The lowest BCUT2D eigenvalue weighted by atomic mass is 9.86. The fourth-order valence-corrected chi connectivity index (χ4v) is 2.58. The first kappa shape index (κ1) is 14.0. The van der Waals surface area contributed by atoms with Gasteiger partial charge in [-0.05, 0) is 50.2 Å². The van der Waals surface area contributed by atoms with Crippen molar-refractivity contribution >= 4 is 5.91 Å². The summed E-state index contributed by atoms with van der Waals surface area (Å²) in [7, 11) is 0. The highest BCUT2D eigenvalue weighted by Crippen LogP contribution is 2.23. The topological polar surface area (TPSA) is 62.2 Å². The van der Waals surface area contributed by atoms with E-state index in [1.807, 2.05) is 18.2 Å². The van der Waals surface area contributed by atoms with E-state index in [-0.39, 0.29) is 12.5 Å². The first-order valence-electron chi connectivity index (χ1n) is 7.08. The predicted octanol–water partition coefficient (Wildman–Crippen LogP) is 1.68. The molecule has 0 radical (unpaired) electrons. The van der Waals surface area contributed by atoms with Crippen molar-refractivity contribution < 1.29 is 9.90 Å². The molecule has 2 rings (SSSR count). The molecule has 0 bridgehead atoms. The average molecular weight is 262 g/mol. The van der Waals surface area contributed by atoms with Gasteiger partial charge in [0, 0.05) is 31.0 Å². The number of nitrogens with one attached hydrogen (secondary N) is 1. The van der Waals surface area contributed by atoms with Gasteiger partial charge in [0.15, 0.2) is 0 Å². The van der Waals surface area contributed by atoms with E-state index >= 15 is 0 Å². The first-order valence-corrected chi connectivity index (χ1v) is 7.08. The molecule has 1 aromatic heterocycles. The molecule has 1 aliphatic rings. The van der Waals surface area contributed by atoms with Crippen molar-refractivity contribution in [3.63, 3.8) is 0 Å². The van der Waals surface area contributed by atoms with Crippen LogP contribution < -0.4 is 5.32 Å². The molecule has 1 heterocycles. The summed E-state index contributed by atoms with van der Waals surface area (Å²) in [5, 5.41) is 12.2. The molecule has 4 nitrogen and oxygen atoms in total. The van der Waals surface area contributed by atoms with Gasteiger partial charge in [0.25, 0.3) is 0 Å². The maximum atomic E-state index is 11.8. The number of hydrogen-bond donors (Lipinski definition) is 2. The number of hydrogen-bond acceptors (Lipinski definition) is 3. The number of aromatic nitrogens is 1. The van der Waals surface area contributed by atoms with Crippen molar-refractivity contribution in [2.24, 2.45) is 5.92 Å². The highest BCUT2D eigenvalue weighted by molar-refractivity contribution is 5.76. The number of nitrogens with zero attached hydrogens (tertiary/aromatic N) is 1. The zero-order chi connectivity index (χ0) is 13.5. The maximum absolute atomic E-state index is 11.8. The molecule has 1 aliphatic carbocycles. The molecule has 0 unspecified atom stereocenters. The van der Waals surface area contributed by atoms with Gasteiger partial charge in [-0.3, -0.25) is 9.78 Å². The molecular formula is C15H22N2O2. The second-order valence-corrected chi connectivity index (χ2v) is 5.29. The third kappa shape index (κ3) is 4.63. The fourth-order valence-electron chi connectivity index (χ4n) is 2.58. The van der Waals surface area contributed by atoms with Crippen molar-refractivity contribution in [2.75, 3.05) is 6.61 Å². The summed E-state index contributed by atoms with van der Waals surface area (Å²) in [4.78, 5) is 16.1. The van der Waals surface area contributed by atoms with Crippen molar-refractivity contribution in [1.82, 2.24) is 10.3 Å². The summed E-state index contributed by atoms with van der Waals surface area (Å²) in [6, 6.07) is 6.05. The van der Waals surface area contributed by atoms with Crippen LogP contribution in [0.2, 0.25) is 0 Å². The van der Waals surface area contributed by atoms with Crippen molar-refractivity contribution in [3.8, 4) is 0 Å². The van der Waals surface area contributed by atoms with Crippen LogP contribution in [0.4, 0.5) is 0 Å². The highest BCUT2D eigenvalue weighted by atomic mass is 16.3. The van der Waals surface area contributed by atoms with E-state index in [4.69, 9.17) is 5.11 Å². The van der Waals surface area contributed by atoms with Gasteiger partial charge < -0.3 is 10.4 Å². The molecule has 1 saturated carbocycles. The quantitative estimate of drug-likeness (QED) is 0.848. The van der Waals surface area contributed by atoms with E-state index in [0.29, 0.717) is 24.8 Å². The Morgan fingerprint density at radius 1 is 1.32 bits per heavy atom. The highest BCUT2D eigenvalue weighted by Gasteiger charge is 2.21. The SMILES string of the molecule is O=C(CCc1ccccn1)NC1CCC(CO)CC1. The Balaban J connectivity index is 1.67. The molecule has 19 heavy (non-hydrogen) atoms. The summed E-state index contributed by atoms with van der Waals surface area (Å²) in [5.41, 5.74) is 0.960. The van der Waals surface area contributed by atoms with Crippen LogP contribution in [0, 0.1) is 5.92 Å². The Hall–Kier alpha value is -1.42. The molecule has 4 heteroatoms. The molecule has 0 aromatic carbocycles. The van der Waals surface area contributed by atoms with E-state index < -0.39 is 0 Å². The van der Waals surface area contributed by atoms with Gasteiger partial charge in [-0.15, -0.1) is 0 Å². The second-order valence-electron chi connectivity index (χ2n) is 5.29. The minimum Gasteiger partial charge on any atom is -0.396 e. The average Bonchev–Trinajstić information content (AvgIpc) is 2.47. The van der Waals surface area contributed by atoms with E-state index in [1.54, 1.807) is 6.20 Å². The molecule has 104 valence electrons. The Labute approximate surface area is 114 Å². The minimum absolute atomic E-state index is 0.109. The third-order valence-electron chi connectivity index (χ3n) is 3.80. The van der Waals surface area contributed by atoms with Gasteiger partial charge in [0.2, 0.25) is 5.91 Å². The van der Waals surface area contributed by atoms with Gasteiger partial charge >= 0.3 is 0 Å².